The number of rotatable bonds is 4. The molecule has 0 spiro atoms. The quantitative estimate of drug-likeness (QED) is 0.880. The summed E-state index contributed by atoms with van der Waals surface area (Å²) in [5.74, 6) is 0.454. The van der Waals surface area contributed by atoms with Crippen molar-refractivity contribution in [1.29, 1.82) is 0 Å². The van der Waals surface area contributed by atoms with Crippen LogP contribution in [-0.4, -0.2) is 49.8 Å². The van der Waals surface area contributed by atoms with Gasteiger partial charge in [-0.1, -0.05) is 38.1 Å². The molecule has 1 N–H and O–H groups in total. The standard InChI is InChI=1S/C17H27N3O2S.ClH/c1-3-15-4-6-16(7-5-15)17-12-18-9-11-20(17)23(21,22)19-10-8-14(2)13-19;/h4-7,14,17-18H,3,8-13H2,1-2H3;1H. The Morgan fingerprint density at radius 2 is 1.92 bits per heavy atom. The van der Waals surface area contributed by atoms with Crippen LogP contribution in [0, 0.1) is 5.92 Å². The fourth-order valence-corrected chi connectivity index (χ4v) is 5.39. The second kappa shape index (κ2) is 8.15. The number of nitrogens with one attached hydrogen (secondary N) is 1. The number of hydrogen-bond acceptors (Lipinski definition) is 3. The van der Waals surface area contributed by atoms with E-state index in [4.69, 9.17) is 0 Å². The number of benzene rings is 1. The van der Waals surface area contributed by atoms with Crippen molar-refractivity contribution in [1.82, 2.24) is 13.9 Å². The third kappa shape index (κ3) is 3.94. The smallest absolute Gasteiger partial charge is 0.282 e. The Bertz CT molecular complexity index is 636. The highest BCUT2D eigenvalue weighted by Crippen LogP contribution is 2.29. The van der Waals surface area contributed by atoms with Crippen LogP contribution < -0.4 is 5.32 Å². The molecule has 0 bridgehead atoms. The molecular formula is C17H28ClN3O2S. The molecule has 24 heavy (non-hydrogen) atoms. The molecule has 1 aromatic rings. The highest BCUT2D eigenvalue weighted by Gasteiger charge is 2.39. The van der Waals surface area contributed by atoms with E-state index in [-0.39, 0.29) is 18.4 Å². The largest absolute Gasteiger partial charge is 0.313 e. The fourth-order valence-electron chi connectivity index (χ4n) is 3.47. The van der Waals surface area contributed by atoms with E-state index in [1.807, 2.05) is 0 Å². The molecule has 3 rings (SSSR count). The van der Waals surface area contributed by atoms with Gasteiger partial charge in [0.15, 0.2) is 0 Å². The highest BCUT2D eigenvalue weighted by atomic mass is 35.5. The predicted molar refractivity (Wildman–Crippen MR) is 99.7 cm³/mol. The molecule has 2 fully saturated rings. The van der Waals surface area contributed by atoms with Crippen LogP contribution in [0.4, 0.5) is 0 Å². The Morgan fingerprint density at radius 1 is 1.21 bits per heavy atom. The molecule has 1 aromatic carbocycles. The van der Waals surface area contributed by atoms with Crippen LogP contribution in [-0.2, 0) is 16.6 Å². The lowest BCUT2D eigenvalue weighted by atomic mass is 10.0. The van der Waals surface area contributed by atoms with Gasteiger partial charge >= 0.3 is 0 Å². The van der Waals surface area contributed by atoms with E-state index in [1.165, 1.54) is 5.56 Å². The molecule has 0 aliphatic carbocycles. The van der Waals surface area contributed by atoms with Crippen molar-refractivity contribution in [2.45, 2.75) is 32.7 Å². The molecule has 5 nitrogen and oxygen atoms in total. The third-order valence-electron chi connectivity index (χ3n) is 4.98. The zero-order chi connectivity index (χ0) is 16.4. The molecule has 136 valence electrons. The molecule has 2 heterocycles. The summed E-state index contributed by atoms with van der Waals surface area (Å²) in [5.41, 5.74) is 2.35. The van der Waals surface area contributed by atoms with Gasteiger partial charge in [0.25, 0.3) is 10.2 Å². The van der Waals surface area contributed by atoms with Gasteiger partial charge in [0.2, 0.25) is 0 Å². The third-order valence-corrected chi connectivity index (χ3v) is 6.99. The minimum absolute atomic E-state index is 0. The maximum atomic E-state index is 13.1. The monoisotopic (exact) mass is 373 g/mol. The van der Waals surface area contributed by atoms with Crippen molar-refractivity contribution in [2.75, 3.05) is 32.7 Å². The summed E-state index contributed by atoms with van der Waals surface area (Å²) < 4.78 is 29.5. The second-order valence-electron chi connectivity index (χ2n) is 6.69. The number of halogens is 1. The van der Waals surface area contributed by atoms with Gasteiger partial charge in [0, 0.05) is 32.7 Å². The first-order chi connectivity index (χ1) is 11.0. The molecule has 0 saturated carbocycles. The van der Waals surface area contributed by atoms with Gasteiger partial charge in [0.05, 0.1) is 6.04 Å². The zero-order valence-electron chi connectivity index (χ0n) is 14.4. The SMILES string of the molecule is CCc1ccc(C2CNCCN2S(=O)(=O)N2CCC(C)C2)cc1.Cl. The van der Waals surface area contributed by atoms with Crippen molar-refractivity contribution in [3.8, 4) is 0 Å². The van der Waals surface area contributed by atoms with E-state index < -0.39 is 10.2 Å². The summed E-state index contributed by atoms with van der Waals surface area (Å²) in [4.78, 5) is 0. The first kappa shape index (κ1) is 19.7. The normalized spacial score (nSPS) is 26.2. The summed E-state index contributed by atoms with van der Waals surface area (Å²) in [6, 6.07) is 8.24. The number of hydrogen-bond donors (Lipinski definition) is 1. The van der Waals surface area contributed by atoms with Gasteiger partial charge in [-0.15, -0.1) is 12.4 Å². The Hall–Kier alpha value is -0.660. The Morgan fingerprint density at radius 3 is 2.50 bits per heavy atom. The summed E-state index contributed by atoms with van der Waals surface area (Å²) in [6.45, 7) is 7.47. The van der Waals surface area contributed by atoms with Crippen molar-refractivity contribution in [2.24, 2.45) is 5.92 Å². The van der Waals surface area contributed by atoms with Crippen molar-refractivity contribution in [3.63, 3.8) is 0 Å². The van der Waals surface area contributed by atoms with E-state index >= 15 is 0 Å². The van der Waals surface area contributed by atoms with Crippen LogP contribution in [0.3, 0.4) is 0 Å². The first-order valence-corrected chi connectivity index (χ1v) is 9.98. The van der Waals surface area contributed by atoms with Crippen molar-refractivity contribution < 1.29 is 8.42 Å². The second-order valence-corrected chi connectivity index (χ2v) is 8.57. The predicted octanol–water partition coefficient (Wildman–Crippen LogP) is 2.20. The summed E-state index contributed by atoms with van der Waals surface area (Å²) in [7, 11) is -3.38. The van der Waals surface area contributed by atoms with E-state index in [9.17, 15) is 8.42 Å². The lowest BCUT2D eigenvalue weighted by Gasteiger charge is -2.37. The van der Waals surface area contributed by atoms with E-state index in [0.717, 1.165) is 18.4 Å². The highest BCUT2D eigenvalue weighted by molar-refractivity contribution is 7.86. The van der Waals surface area contributed by atoms with Gasteiger partial charge in [-0.05, 0) is 29.9 Å². The molecule has 2 aliphatic heterocycles. The van der Waals surface area contributed by atoms with Gasteiger partial charge in [-0.2, -0.15) is 17.0 Å². The maximum Gasteiger partial charge on any atom is 0.282 e. The zero-order valence-corrected chi connectivity index (χ0v) is 16.1. The van der Waals surface area contributed by atoms with Crippen LogP contribution in [0.1, 0.15) is 37.4 Å². The average Bonchev–Trinajstić information content (AvgIpc) is 3.02. The maximum absolute atomic E-state index is 13.1. The first-order valence-electron chi connectivity index (χ1n) is 8.59. The van der Waals surface area contributed by atoms with Gasteiger partial charge < -0.3 is 5.32 Å². The molecular weight excluding hydrogens is 346 g/mol. The Balaban J connectivity index is 0.00000208. The van der Waals surface area contributed by atoms with Crippen LogP contribution in [0.5, 0.6) is 0 Å². The Labute approximate surface area is 152 Å². The topological polar surface area (TPSA) is 52.7 Å². The van der Waals surface area contributed by atoms with Gasteiger partial charge in [-0.25, -0.2) is 0 Å². The molecule has 2 saturated heterocycles. The van der Waals surface area contributed by atoms with E-state index in [0.29, 0.717) is 38.6 Å². The van der Waals surface area contributed by atoms with Gasteiger partial charge in [-0.3, -0.25) is 0 Å². The minimum atomic E-state index is -3.38. The lowest BCUT2D eigenvalue weighted by molar-refractivity contribution is 0.251. The minimum Gasteiger partial charge on any atom is -0.313 e. The lowest BCUT2D eigenvalue weighted by Crippen LogP contribution is -2.52. The molecule has 7 heteroatoms. The van der Waals surface area contributed by atoms with E-state index in [2.05, 4.69) is 43.4 Å². The van der Waals surface area contributed by atoms with Crippen molar-refractivity contribution >= 4 is 22.6 Å². The summed E-state index contributed by atoms with van der Waals surface area (Å²) >= 11 is 0. The fraction of sp³-hybridized carbons (Fsp3) is 0.647. The summed E-state index contributed by atoms with van der Waals surface area (Å²) in [5, 5.41) is 3.34. The molecule has 0 radical (unpaired) electrons. The van der Waals surface area contributed by atoms with Crippen LogP contribution in [0.15, 0.2) is 24.3 Å². The van der Waals surface area contributed by atoms with E-state index in [1.54, 1.807) is 8.61 Å². The molecule has 0 aromatic heterocycles. The molecule has 2 atom stereocenters. The molecule has 2 unspecified atom stereocenters. The number of piperazine rings is 1. The average molecular weight is 374 g/mol. The van der Waals surface area contributed by atoms with Crippen LogP contribution >= 0.6 is 12.4 Å². The van der Waals surface area contributed by atoms with Crippen LogP contribution in [0.25, 0.3) is 0 Å². The number of aryl methyl sites for hydroxylation is 1. The number of nitrogens with zero attached hydrogens (tertiary/aromatic N) is 2. The van der Waals surface area contributed by atoms with Gasteiger partial charge in [0.1, 0.15) is 0 Å². The molecule has 2 aliphatic rings. The van der Waals surface area contributed by atoms with Crippen LogP contribution in [0.2, 0.25) is 0 Å². The molecule has 0 amide bonds. The van der Waals surface area contributed by atoms with Crippen molar-refractivity contribution in [3.05, 3.63) is 35.4 Å². The Kier molecular flexibility index (Phi) is 6.67. The summed E-state index contributed by atoms with van der Waals surface area (Å²) in [6.07, 6.45) is 1.96.